The van der Waals surface area contributed by atoms with Crippen LogP contribution >= 0.6 is 11.6 Å². The molecule has 168 valence electrons. The van der Waals surface area contributed by atoms with Crippen LogP contribution in [0.3, 0.4) is 0 Å². The predicted octanol–water partition coefficient (Wildman–Crippen LogP) is 8.31. The molecular weight excluding hydrogens is 412 g/mol. The number of aliphatic imine (C=N–C) groups is 1. The van der Waals surface area contributed by atoms with Gasteiger partial charge < -0.3 is 4.90 Å². The monoisotopic (exact) mass is 446 g/mol. The number of allylic oxidation sites excluding steroid dienone is 3. The molecule has 0 aromatic heterocycles. The topological polar surface area (TPSA) is 15.6 Å². The van der Waals surface area contributed by atoms with Crippen molar-refractivity contribution >= 4 is 17.3 Å². The van der Waals surface area contributed by atoms with Crippen molar-refractivity contribution in [2.75, 3.05) is 0 Å². The molecule has 0 spiro atoms. The number of rotatable bonds is 7. The molecule has 0 bridgehead atoms. The maximum Gasteiger partial charge on any atom is 0.148 e. The van der Waals surface area contributed by atoms with Gasteiger partial charge >= 0.3 is 0 Å². The Bertz CT molecular complexity index is 1000. The van der Waals surface area contributed by atoms with E-state index in [4.69, 9.17) is 16.6 Å². The van der Waals surface area contributed by atoms with Gasteiger partial charge in [0.15, 0.2) is 0 Å². The van der Waals surface area contributed by atoms with Gasteiger partial charge in [-0.25, -0.2) is 0 Å². The molecule has 0 N–H and O–H groups in total. The Morgan fingerprint density at radius 2 is 1.78 bits per heavy atom. The van der Waals surface area contributed by atoms with E-state index in [1.807, 2.05) is 12.1 Å². The molecule has 0 amide bonds. The van der Waals surface area contributed by atoms with Gasteiger partial charge in [0.1, 0.15) is 6.17 Å². The minimum Gasteiger partial charge on any atom is -0.338 e. The van der Waals surface area contributed by atoms with E-state index in [2.05, 4.69) is 87.2 Å². The van der Waals surface area contributed by atoms with Gasteiger partial charge in [-0.1, -0.05) is 87.3 Å². The summed E-state index contributed by atoms with van der Waals surface area (Å²) in [5.74, 6) is 1.24. The van der Waals surface area contributed by atoms with E-state index in [1.54, 1.807) is 0 Å². The summed E-state index contributed by atoms with van der Waals surface area (Å²) in [4.78, 5) is 7.76. The summed E-state index contributed by atoms with van der Waals surface area (Å²) in [6.45, 7) is 9.07. The van der Waals surface area contributed by atoms with Crippen molar-refractivity contribution < 1.29 is 0 Å². The molecule has 2 aliphatic rings. The first kappa shape index (κ1) is 22.9. The van der Waals surface area contributed by atoms with Crippen molar-refractivity contribution in [1.82, 2.24) is 4.90 Å². The zero-order chi connectivity index (χ0) is 22.7. The van der Waals surface area contributed by atoms with Gasteiger partial charge in [-0.05, 0) is 72.9 Å². The summed E-state index contributed by atoms with van der Waals surface area (Å²) in [7, 11) is 0. The molecule has 3 heteroatoms. The molecule has 2 nitrogen and oxygen atoms in total. The molecule has 0 fully saturated rings. The summed E-state index contributed by atoms with van der Waals surface area (Å²) >= 11 is 6.15. The number of halogens is 1. The van der Waals surface area contributed by atoms with Crippen LogP contribution in [0.15, 0.2) is 77.4 Å². The first-order valence-corrected chi connectivity index (χ1v) is 12.5. The van der Waals surface area contributed by atoms with Crippen LogP contribution in [0.25, 0.3) is 0 Å². The Hall–Kier alpha value is -2.32. The van der Waals surface area contributed by atoms with Crippen molar-refractivity contribution in [3.8, 4) is 0 Å². The second kappa shape index (κ2) is 10.1. The molecule has 4 unspecified atom stereocenters. The first-order chi connectivity index (χ1) is 15.5. The summed E-state index contributed by atoms with van der Waals surface area (Å²) < 4.78 is 0. The van der Waals surface area contributed by atoms with E-state index in [0.717, 1.165) is 29.1 Å². The molecule has 4 rings (SSSR count). The first-order valence-electron chi connectivity index (χ1n) is 12.1. The Morgan fingerprint density at radius 1 is 1.06 bits per heavy atom. The number of hydrogen-bond donors (Lipinski definition) is 0. The van der Waals surface area contributed by atoms with Crippen LogP contribution in [-0.2, 0) is 0 Å². The minimum atomic E-state index is -0.0136. The maximum atomic E-state index is 6.15. The van der Waals surface area contributed by atoms with Crippen LogP contribution in [0.1, 0.15) is 82.2 Å². The third-order valence-electron chi connectivity index (χ3n) is 7.02. The largest absolute Gasteiger partial charge is 0.338 e. The number of nitrogens with zero attached hydrogens (tertiary/aromatic N) is 2. The predicted molar refractivity (Wildman–Crippen MR) is 137 cm³/mol. The van der Waals surface area contributed by atoms with Crippen LogP contribution in [0.2, 0.25) is 5.02 Å². The van der Waals surface area contributed by atoms with Gasteiger partial charge in [0.05, 0.1) is 11.8 Å². The second-order valence-corrected chi connectivity index (χ2v) is 9.66. The molecule has 32 heavy (non-hydrogen) atoms. The van der Waals surface area contributed by atoms with E-state index in [9.17, 15) is 0 Å². The second-order valence-electron chi connectivity index (χ2n) is 9.23. The van der Waals surface area contributed by atoms with Gasteiger partial charge in [-0.3, -0.25) is 4.99 Å². The highest BCUT2D eigenvalue weighted by Gasteiger charge is 2.36. The smallest absolute Gasteiger partial charge is 0.148 e. The molecule has 2 aromatic carbocycles. The molecule has 4 atom stereocenters. The van der Waals surface area contributed by atoms with E-state index in [0.29, 0.717) is 11.8 Å². The SMILES string of the molecule is CCCC1C=CC(N2C(C)C(c3ccc(Cl)cc3)=NC2c2ccc(C(C)CC)cc2)=CC1. The van der Waals surface area contributed by atoms with Crippen LogP contribution in [0.4, 0.5) is 0 Å². The molecular formula is C29H35ClN2. The van der Waals surface area contributed by atoms with Gasteiger partial charge in [0.25, 0.3) is 0 Å². The molecule has 0 saturated carbocycles. The highest BCUT2D eigenvalue weighted by atomic mass is 35.5. The van der Waals surface area contributed by atoms with Crippen LogP contribution < -0.4 is 0 Å². The van der Waals surface area contributed by atoms with E-state index < -0.39 is 0 Å². The fourth-order valence-corrected chi connectivity index (χ4v) is 4.97. The van der Waals surface area contributed by atoms with E-state index in [1.165, 1.54) is 29.7 Å². The zero-order valence-electron chi connectivity index (χ0n) is 19.8. The van der Waals surface area contributed by atoms with Crippen LogP contribution in [0, 0.1) is 5.92 Å². The average Bonchev–Trinajstić information content (AvgIpc) is 3.17. The Morgan fingerprint density at radius 3 is 2.38 bits per heavy atom. The highest BCUT2D eigenvalue weighted by Crippen LogP contribution is 2.39. The van der Waals surface area contributed by atoms with E-state index in [-0.39, 0.29) is 12.2 Å². The van der Waals surface area contributed by atoms with Gasteiger partial charge in [-0.2, -0.15) is 0 Å². The number of hydrogen-bond acceptors (Lipinski definition) is 2. The third kappa shape index (κ3) is 4.71. The molecule has 2 aromatic rings. The lowest BCUT2D eigenvalue weighted by molar-refractivity contribution is 0.275. The lowest BCUT2D eigenvalue weighted by atomic mass is 9.93. The van der Waals surface area contributed by atoms with Crippen molar-refractivity contribution in [3.05, 3.63) is 94.2 Å². The maximum absolute atomic E-state index is 6.15. The quantitative estimate of drug-likeness (QED) is 0.417. The Labute approximate surface area is 198 Å². The standard InChI is InChI=1S/C29H35ClN2/c1-5-7-22-8-18-27(19-9-22)32-21(4)28(24-14-16-26(30)17-15-24)31-29(32)25-12-10-23(11-13-25)20(3)6-2/h8,10-22,29H,5-7,9H2,1-4H3. The highest BCUT2D eigenvalue weighted by molar-refractivity contribution is 6.30. The number of benzene rings is 2. The minimum absolute atomic E-state index is 0.0136. The van der Waals surface area contributed by atoms with Gasteiger partial charge in [0.2, 0.25) is 0 Å². The molecule has 1 heterocycles. The summed E-state index contributed by atoms with van der Waals surface area (Å²) in [5.41, 5.74) is 6.21. The summed E-state index contributed by atoms with van der Waals surface area (Å²) in [5, 5.41) is 0.758. The Balaban J connectivity index is 1.69. The van der Waals surface area contributed by atoms with Crippen molar-refractivity contribution in [1.29, 1.82) is 0 Å². The fourth-order valence-electron chi connectivity index (χ4n) is 4.84. The molecule has 0 radical (unpaired) electrons. The summed E-state index contributed by atoms with van der Waals surface area (Å²) in [6, 6.07) is 17.4. The molecule has 0 saturated heterocycles. The lowest BCUT2D eigenvalue weighted by Gasteiger charge is -2.33. The fraction of sp³-hybridized carbons (Fsp3) is 0.414. The van der Waals surface area contributed by atoms with Crippen LogP contribution in [-0.4, -0.2) is 16.7 Å². The Kier molecular flexibility index (Phi) is 7.20. The van der Waals surface area contributed by atoms with Crippen molar-refractivity contribution in [2.24, 2.45) is 10.9 Å². The zero-order valence-corrected chi connectivity index (χ0v) is 20.5. The lowest BCUT2D eigenvalue weighted by Crippen LogP contribution is -2.34. The van der Waals surface area contributed by atoms with Gasteiger partial charge in [-0.15, -0.1) is 0 Å². The van der Waals surface area contributed by atoms with Crippen LogP contribution in [0.5, 0.6) is 0 Å². The van der Waals surface area contributed by atoms with Crippen molar-refractivity contribution in [2.45, 2.75) is 71.5 Å². The van der Waals surface area contributed by atoms with E-state index >= 15 is 0 Å². The normalized spacial score (nSPS) is 23.8. The molecule has 1 aliphatic heterocycles. The van der Waals surface area contributed by atoms with Crippen molar-refractivity contribution in [3.63, 3.8) is 0 Å². The average molecular weight is 447 g/mol. The summed E-state index contributed by atoms with van der Waals surface area (Å²) in [6.07, 6.45) is 11.9. The third-order valence-corrected chi connectivity index (χ3v) is 7.27. The molecule has 1 aliphatic carbocycles. The van der Waals surface area contributed by atoms with Gasteiger partial charge in [0, 0.05) is 10.7 Å².